The van der Waals surface area contributed by atoms with Crippen LogP contribution in [0.15, 0.2) is 36.4 Å². The van der Waals surface area contributed by atoms with Gasteiger partial charge in [-0.05, 0) is 90.6 Å². The van der Waals surface area contributed by atoms with Gasteiger partial charge in [0.15, 0.2) is 12.6 Å². The number of hydrogen-bond donors (Lipinski definition) is 1. The number of carbonyl (C=O) groups excluding carboxylic acids is 1. The first kappa shape index (κ1) is 33.5. The van der Waals surface area contributed by atoms with E-state index in [9.17, 15) is 4.79 Å². The number of halogens is 1. The molecule has 278 valence electrons. The highest BCUT2D eigenvalue weighted by atomic mass is 19.1. The van der Waals surface area contributed by atoms with Crippen LogP contribution >= 0.6 is 0 Å². The van der Waals surface area contributed by atoms with E-state index in [1.807, 2.05) is 17.0 Å². The number of rotatable bonds is 10. The topological polar surface area (TPSA) is 108 Å². The van der Waals surface area contributed by atoms with Crippen LogP contribution in [0.5, 0.6) is 17.6 Å². The quantitative estimate of drug-likeness (QED) is 0.204. The number of nitrogens with zero attached hydrogens (tertiary/aromatic N) is 4. The molecular formula is C41H46FN5O6. The molecular weight excluding hydrogens is 677 g/mol. The highest BCUT2D eigenvalue weighted by Crippen LogP contribution is 2.48. The summed E-state index contributed by atoms with van der Waals surface area (Å²) >= 11 is 0. The van der Waals surface area contributed by atoms with Crippen molar-refractivity contribution in [1.29, 1.82) is 0 Å². The van der Waals surface area contributed by atoms with E-state index in [0.29, 0.717) is 35.1 Å². The molecule has 4 atom stereocenters. The zero-order chi connectivity index (χ0) is 35.7. The molecule has 4 saturated heterocycles. The Kier molecular flexibility index (Phi) is 8.42. The molecule has 1 aromatic heterocycles. The lowest BCUT2D eigenvalue weighted by atomic mass is 9.91. The summed E-state index contributed by atoms with van der Waals surface area (Å²) in [5.41, 5.74) is 3.69. The molecule has 6 aliphatic rings. The Balaban J connectivity index is 1.03. The van der Waals surface area contributed by atoms with Crippen LogP contribution in [-0.4, -0.2) is 104 Å². The minimum atomic E-state index is -0.526. The molecule has 12 heteroatoms. The second-order valence-electron chi connectivity index (χ2n) is 16.2. The molecule has 2 aliphatic carbocycles. The van der Waals surface area contributed by atoms with Crippen molar-refractivity contribution in [2.45, 2.75) is 57.0 Å². The molecule has 5 fully saturated rings. The molecule has 10 rings (SSSR count). The number of ether oxygens (including phenoxy) is 5. The summed E-state index contributed by atoms with van der Waals surface area (Å²) in [5, 5.41) is 5.73. The molecule has 0 radical (unpaired) electrons. The van der Waals surface area contributed by atoms with Crippen molar-refractivity contribution in [1.82, 2.24) is 25.1 Å². The number of aryl methyl sites for hydroxylation is 2. The molecule has 4 aromatic rings. The predicted octanol–water partition coefficient (Wildman–Crippen LogP) is 5.73. The van der Waals surface area contributed by atoms with E-state index in [2.05, 4.69) is 27.3 Å². The summed E-state index contributed by atoms with van der Waals surface area (Å²) in [5.74, 6) is 1.30. The fourth-order valence-electron chi connectivity index (χ4n) is 9.76. The minimum absolute atomic E-state index is 0.00300. The van der Waals surface area contributed by atoms with Crippen molar-refractivity contribution in [3.8, 4) is 28.8 Å². The molecule has 53 heavy (non-hydrogen) atoms. The van der Waals surface area contributed by atoms with Crippen LogP contribution in [0.3, 0.4) is 0 Å². The molecule has 4 unspecified atom stereocenters. The average molecular weight is 724 g/mol. The molecule has 2 bridgehead atoms. The van der Waals surface area contributed by atoms with E-state index in [0.717, 1.165) is 107 Å². The van der Waals surface area contributed by atoms with E-state index < -0.39 is 11.9 Å². The van der Waals surface area contributed by atoms with Gasteiger partial charge in [0.1, 0.15) is 11.3 Å². The van der Waals surface area contributed by atoms with Gasteiger partial charge in [-0.15, -0.1) is 0 Å². The van der Waals surface area contributed by atoms with Crippen LogP contribution in [0, 0.1) is 23.1 Å². The van der Waals surface area contributed by atoms with Crippen molar-refractivity contribution in [2.75, 3.05) is 66.4 Å². The van der Waals surface area contributed by atoms with Crippen LogP contribution in [0.4, 0.5) is 9.18 Å². The fourth-order valence-corrected chi connectivity index (χ4v) is 9.76. The fraction of sp³-hybridized carbons (Fsp3) is 0.537. The second kappa shape index (κ2) is 13.3. The van der Waals surface area contributed by atoms with Crippen molar-refractivity contribution in [3.05, 3.63) is 53.3 Å². The molecule has 3 aromatic carbocycles. The maximum Gasteiger partial charge on any atom is 0.417 e. The Morgan fingerprint density at radius 3 is 2.58 bits per heavy atom. The van der Waals surface area contributed by atoms with Gasteiger partial charge in [0.2, 0.25) is 5.88 Å². The van der Waals surface area contributed by atoms with Gasteiger partial charge < -0.3 is 33.9 Å². The first-order valence-electron chi connectivity index (χ1n) is 19.3. The summed E-state index contributed by atoms with van der Waals surface area (Å²) in [6.07, 6.45) is 6.45. The molecule has 5 heterocycles. The summed E-state index contributed by atoms with van der Waals surface area (Å²) in [6, 6.07) is 11.8. The predicted molar refractivity (Wildman–Crippen MR) is 196 cm³/mol. The first-order chi connectivity index (χ1) is 25.9. The number of fused-ring (bicyclic) bond motifs is 7. The number of hydrogen-bond acceptors (Lipinski definition) is 10. The zero-order valence-corrected chi connectivity index (χ0v) is 30.2. The number of aromatic nitrogens is 2. The van der Waals surface area contributed by atoms with Gasteiger partial charge >= 0.3 is 12.1 Å². The third-order valence-corrected chi connectivity index (χ3v) is 12.7. The van der Waals surface area contributed by atoms with Crippen LogP contribution in [0.2, 0.25) is 0 Å². The summed E-state index contributed by atoms with van der Waals surface area (Å²) < 4.78 is 46.5. The standard InChI is InChI=1S/C41H46FN5O6/c1-49-23-52-30-13-25-6-5-24-3-2-4-31(24)35(25)34(14-30)32-9-10-33-37(36(32)42)44-39(45-38(33)53-40(48)47-28-7-8-29(47)16-43-15-28)51-22-41(11-12-41)21-46-17-26-19-50-20-27(26)18-46/h5-6,9-10,13-14,26-29,43H,2-4,7-8,11-12,15-23H2,1H3. The maximum absolute atomic E-state index is 17.3. The number of amides is 1. The van der Waals surface area contributed by atoms with Gasteiger partial charge in [-0.25, -0.2) is 9.18 Å². The van der Waals surface area contributed by atoms with E-state index in [1.54, 1.807) is 19.2 Å². The Morgan fingerprint density at radius 2 is 1.81 bits per heavy atom. The first-order valence-corrected chi connectivity index (χ1v) is 19.3. The van der Waals surface area contributed by atoms with E-state index >= 15 is 4.39 Å². The monoisotopic (exact) mass is 723 g/mol. The van der Waals surface area contributed by atoms with Crippen molar-refractivity contribution >= 4 is 27.8 Å². The van der Waals surface area contributed by atoms with E-state index in [-0.39, 0.29) is 41.7 Å². The number of nitrogens with one attached hydrogen (secondary N) is 1. The summed E-state index contributed by atoms with van der Waals surface area (Å²) in [4.78, 5) is 27.5. The van der Waals surface area contributed by atoms with Gasteiger partial charge in [0.25, 0.3) is 0 Å². The highest BCUT2D eigenvalue weighted by Gasteiger charge is 2.48. The lowest BCUT2D eigenvalue weighted by molar-refractivity contribution is 0.0512. The van der Waals surface area contributed by atoms with Gasteiger partial charge in [-0.1, -0.05) is 18.2 Å². The number of benzene rings is 3. The van der Waals surface area contributed by atoms with Gasteiger partial charge in [0.05, 0.1) is 25.2 Å². The van der Waals surface area contributed by atoms with Crippen LogP contribution in [0.1, 0.15) is 43.2 Å². The average Bonchev–Trinajstić information content (AvgIpc) is 3.49. The van der Waals surface area contributed by atoms with Gasteiger partial charge in [-0.3, -0.25) is 4.90 Å². The van der Waals surface area contributed by atoms with Gasteiger partial charge in [-0.2, -0.15) is 9.97 Å². The molecule has 1 N–H and O–H groups in total. The van der Waals surface area contributed by atoms with E-state index in [1.165, 1.54) is 11.1 Å². The largest absolute Gasteiger partial charge is 0.468 e. The van der Waals surface area contributed by atoms with Gasteiger partial charge in [0, 0.05) is 74.7 Å². The second-order valence-corrected chi connectivity index (χ2v) is 16.2. The van der Waals surface area contributed by atoms with Crippen molar-refractivity contribution in [3.63, 3.8) is 0 Å². The third-order valence-electron chi connectivity index (χ3n) is 12.7. The molecule has 11 nitrogen and oxygen atoms in total. The zero-order valence-electron chi connectivity index (χ0n) is 30.2. The Morgan fingerprint density at radius 1 is 1.00 bits per heavy atom. The normalized spacial score (nSPS) is 25.6. The Hall–Kier alpha value is -4.10. The lowest BCUT2D eigenvalue weighted by Gasteiger charge is -2.34. The van der Waals surface area contributed by atoms with Crippen LogP contribution < -0.4 is 19.5 Å². The highest BCUT2D eigenvalue weighted by molar-refractivity contribution is 6.03. The third kappa shape index (κ3) is 6.07. The summed E-state index contributed by atoms with van der Waals surface area (Å²) in [6.45, 7) is 6.68. The Bertz CT molecular complexity index is 2060. The van der Waals surface area contributed by atoms with E-state index in [4.69, 9.17) is 28.7 Å². The smallest absolute Gasteiger partial charge is 0.417 e. The number of piperazine rings is 1. The Labute approximate surface area is 308 Å². The number of carbonyl (C=O) groups is 1. The number of methoxy groups -OCH3 is 1. The number of likely N-dealkylation sites (tertiary alicyclic amines) is 1. The lowest BCUT2D eigenvalue weighted by Crippen LogP contribution is -2.55. The minimum Gasteiger partial charge on any atom is -0.468 e. The van der Waals surface area contributed by atoms with Crippen molar-refractivity contribution in [2.24, 2.45) is 17.3 Å². The summed E-state index contributed by atoms with van der Waals surface area (Å²) in [7, 11) is 1.58. The van der Waals surface area contributed by atoms with Crippen molar-refractivity contribution < 1.29 is 32.9 Å². The SMILES string of the molecule is COCOc1cc(-c2ccc3c(OC(=O)N4C5CCC4CNC5)nc(OCC4(CN5CC6COCC6C5)CC4)nc3c2F)c2c3c(ccc2c1)CCC3. The molecule has 4 aliphatic heterocycles. The van der Waals surface area contributed by atoms with Crippen LogP contribution in [-0.2, 0) is 22.3 Å². The molecule has 0 spiro atoms. The van der Waals surface area contributed by atoms with Crippen LogP contribution in [0.25, 0.3) is 32.8 Å². The molecule has 1 amide bonds. The maximum atomic E-state index is 17.3. The molecule has 1 saturated carbocycles.